The molecule has 0 aliphatic heterocycles. The Bertz CT molecular complexity index is 430. The molecule has 0 atom stereocenters. The molecule has 1 N–H and O–H groups in total. The molecular weight excluding hydrogens is 211 g/mol. The van der Waals surface area contributed by atoms with Crippen molar-refractivity contribution in [2.24, 2.45) is 5.41 Å². The van der Waals surface area contributed by atoms with Crippen LogP contribution in [0.15, 0.2) is 18.2 Å². The Morgan fingerprint density at radius 3 is 2.75 bits per heavy atom. The maximum atomic E-state index is 13.4. The van der Waals surface area contributed by atoms with Crippen molar-refractivity contribution in [2.75, 3.05) is 11.9 Å². The third kappa shape index (κ3) is 2.29. The Hall–Kier alpha value is -1.65. The van der Waals surface area contributed by atoms with Crippen molar-refractivity contribution in [1.29, 1.82) is 0 Å². The molecule has 0 heterocycles. The molecule has 2 rings (SSSR count). The molecule has 0 bridgehead atoms. The van der Waals surface area contributed by atoms with Gasteiger partial charge in [-0.2, -0.15) is 0 Å². The number of halogens is 1. The summed E-state index contributed by atoms with van der Waals surface area (Å²) >= 11 is 0. The zero-order valence-electron chi connectivity index (χ0n) is 9.00. The monoisotopic (exact) mass is 224 g/mol. The number of anilines is 1. The van der Waals surface area contributed by atoms with E-state index in [2.05, 4.69) is 12.2 Å². The van der Waals surface area contributed by atoms with Crippen LogP contribution in [0.1, 0.15) is 19.8 Å². The van der Waals surface area contributed by atoms with Gasteiger partial charge in [0.25, 0.3) is 5.69 Å². The molecule has 0 amide bonds. The molecule has 4 nitrogen and oxygen atoms in total. The van der Waals surface area contributed by atoms with Gasteiger partial charge in [0.2, 0.25) is 0 Å². The van der Waals surface area contributed by atoms with Gasteiger partial charge in [0.1, 0.15) is 0 Å². The fraction of sp³-hybridized carbons (Fsp3) is 0.455. The van der Waals surface area contributed by atoms with E-state index in [0.29, 0.717) is 12.2 Å². The molecule has 1 aliphatic carbocycles. The van der Waals surface area contributed by atoms with Gasteiger partial charge in [-0.05, 0) is 24.3 Å². The highest BCUT2D eigenvalue weighted by atomic mass is 19.1. The molecule has 0 aromatic heterocycles. The van der Waals surface area contributed by atoms with Crippen molar-refractivity contribution < 1.29 is 9.31 Å². The van der Waals surface area contributed by atoms with Crippen molar-refractivity contribution in [3.63, 3.8) is 0 Å². The standard InChI is InChI=1S/C11H13FN2O2/c1-11(4-5-11)7-13-10-3-2-8(14(15)16)6-9(10)12/h2-3,6,13H,4-5,7H2,1H3. The summed E-state index contributed by atoms with van der Waals surface area (Å²) in [6.07, 6.45) is 2.29. The highest BCUT2D eigenvalue weighted by Crippen LogP contribution is 2.44. The zero-order valence-corrected chi connectivity index (χ0v) is 9.00. The van der Waals surface area contributed by atoms with Crippen LogP contribution >= 0.6 is 0 Å². The second-order valence-electron chi connectivity index (χ2n) is 4.59. The second-order valence-corrected chi connectivity index (χ2v) is 4.59. The van der Waals surface area contributed by atoms with Gasteiger partial charge in [-0.15, -0.1) is 0 Å². The van der Waals surface area contributed by atoms with Crippen LogP contribution in [0.25, 0.3) is 0 Å². The number of hydrogen-bond acceptors (Lipinski definition) is 3. The maximum Gasteiger partial charge on any atom is 0.272 e. The van der Waals surface area contributed by atoms with Gasteiger partial charge in [0, 0.05) is 12.6 Å². The van der Waals surface area contributed by atoms with Crippen molar-refractivity contribution in [3.8, 4) is 0 Å². The number of nitrogens with one attached hydrogen (secondary N) is 1. The molecule has 1 aliphatic rings. The van der Waals surface area contributed by atoms with E-state index in [-0.39, 0.29) is 11.1 Å². The fourth-order valence-corrected chi connectivity index (χ4v) is 1.46. The van der Waals surface area contributed by atoms with Crippen molar-refractivity contribution in [3.05, 3.63) is 34.1 Å². The lowest BCUT2D eigenvalue weighted by Gasteiger charge is -2.11. The summed E-state index contributed by atoms with van der Waals surface area (Å²) in [4.78, 5) is 9.81. The Morgan fingerprint density at radius 2 is 2.25 bits per heavy atom. The van der Waals surface area contributed by atoms with Crippen molar-refractivity contribution in [2.45, 2.75) is 19.8 Å². The molecular formula is C11H13FN2O2. The average molecular weight is 224 g/mol. The number of nitro benzene ring substituents is 1. The van der Waals surface area contributed by atoms with E-state index in [9.17, 15) is 14.5 Å². The van der Waals surface area contributed by atoms with E-state index in [4.69, 9.17) is 0 Å². The van der Waals surface area contributed by atoms with Crippen LogP contribution in [0, 0.1) is 21.3 Å². The fourth-order valence-electron chi connectivity index (χ4n) is 1.46. The Labute approximate surface area is 92.6 Å². The van der Waals surface area contributed by atoms with E-state index in [0.717, 1.165) is 18.9 Å². The molecule has 16 heavy (non-hydrogen) atoms. The van der Waals surface area contributed by atoms with Gasteiger partial charge in [-0.1, -0.05) is 6.92 Å². The third-order valence-corrected chi connectivity index (χ3v) is 2.97. The summed E-state index contributed by atoms with van der Waals surface area (Å²) in [6.45, 7) is 2.84. The molecule has 0 spiro atoms. The van der Waals surface area contributed by atoms with Crippen LogP contribution in [0.2, 0.25) is 0 Å². The molecule has 0 radical (unpaired) electrons. The van der Waals surface area contributed by atoms with Gasteiger partial charge in [-0.3, -0.25) is 10.1 Å². The summed E-state index contributed by atoms with van der Waals surface area (Å²) in [5.74, 6) is -0.571. The summed E-state index contributed by atoms with van der Waals surface area (Å²) in [7, 11) is 0. The topological polar surface area (TPSA) is 55.2 Å². The van der Waals surface area contributed by atoms with E-state index >= 15 is 0 Å². The van der Waals surface area contributed by atoms with Gasteiger partial charge >= 0.3 is 0 Å². The summed E-state index contributed by atoms with van der Waals surface area (Å²) in [6, 6.07) is 3.66. The lowest BCUT2D eigenvalue weighted by molar-refractivity contribution is -0.385. The molecule has 0 unspecified atom stereocenters. The van der Waals surface area contributed by atoms with E-state index in [1.165, 1.54) is 12.1 Å². The van der Waals surface area contributed by atoms with Crippen molar-refractivity contribution >= 4 is 11.4 Å². The minimum atomic E-state index is -0.602. The molecule has 1 aromatic rings. The lowest BCUT2D eigenvalue weighted by Crippen LogP contribution is -2.12. The van der Waals surface area contributed by atoms with Gasteiger partial charge in [-0.25, -0.2) is 4.39 Å². The first-order valence-corrected chi connectivity index (χ1v) is 5.18. The number of hydrogen-bond donors (Lipinski definition) is 1. The van der Waals surface area contributed by atoms with E-state index in [1.807, 2.05) is 0 Å². The Balaban J connectivity index is 2.07. The molecule has 86 valence electrons. The largest absolute Gasteiger partial charge is 0.382 e. The number of benzene rings is 1. The first-order chi connectivity index (χ1) is 7.50. The molecule has 0 saturated heterocycles. The normalized spacial score (nSPS) is 16.9. The molecule has 1 aromatic carbocycles. The maximum absolute atomic E-state index is 13.4. The predicted molar refractivity (Wildman–Crippen MR) is 58.9 cm³/mol. The van der Waals surface area contributed by atoms with E-state index < -0.39 is 10.7 Å². The van der Waals surface area contributed by atoms with Crippen LogP contribution in [0.4, 0.5) is 15.8 Å². The molecule has 1 fully saturated rings. The average Bonchev–Trinajstić information content (AvgIpc) is 2.95. The minimum absolute atomic E-state index is 0.222. The first-order valence-electron chi connectivity index (χ1n) is 5.18. The molecule has 1 saturated carbocycles. The number of nitrogens with zero attached hydrogens (tertiary/aromatic N) is 1. The number of nitro groups is 1. The lowest BCUT2D eigenvalue weighted by atomic mass is 10.1. The van der Waals surface area contributed by atoms with Gasteiger partial charge < -0.3 is 5.32 Å². The van der Waals surface area contributed by atoms with Crippen LogP contribution in [0.3, 0.4) is 0 Å². The quantitative estimate of drug-likeness (QED) is 0.631. The van der Waals surface area contributed by atoms with Gasteiger partial charge in [0.05, 0.1) is 16.7 Å². The van der Waals surface area contributed by atoms with Crippen LogP contribution in [0.5, 0.6) is 0 Å². The van der Waals surface area contributed by atoms with Crippen molar-refractivity contribution in [1.82, 2.24) is 0 Å². The summed E-state index contributed by atoms with van der Waals surface area (Å²) in [5, 5.41) is 13.4. The van der Waals surface area contributed by atoms with Crippen LogP contribution in [-0.4, -0.2) is 11.5 Å². The highest BCUT2D eigenvalue weighted by molar-refractivity contribution is 5.50. The number of rotatable bonds is 4. The van der Waals surface area contributed by atoms with Gasteiger partial charge in [0.15, 0.2) is 5.82 Å². The second kappa shape index (κ2) is 3.73. The minimum Gasteiger partial charge on any atom is -0.382 e. The summed E-state index contributed by atoms with van der Waals surface area (Å²) in [5.41, 5.74) is 0.383. The summed E-state index contributed by atoms with van der Waals surface area (Å²) < 4.78 is 13.4. The Morgan fingerprint density at radius 1 is 1.56 bits per heavy atom. The third-order valence-electron chi connectivity index (χ3n) is 2.97. The predicted octanol–water partition coefficient (Wildman–Crippen LogP) is 2.95. The Kier molecular flexibility index (Phi) is 2.53. The van der Waals surface area contributed by atoms with E-state index in [1.54, 1.807) is 0 Å². The van der Waals surface area contributed by atoms with Crippen LogP contribution < -0.4 is 5.32 Å². The molecule has 5 heteroatoms. The SMILES string of the molecule is CC1(CNc2ccc([N+](=O)[O-])cc2F)CC1. The zero-order chi connectivity index (χ0) is 11.8. The smallest absolute Gasteiger partial charge is 0.272 e. The van der Waals surface area contributed by atoms with Crippen LogP contribution in [-0.2, 0) is 0 Å². The number of non-ortho nitro benzene ring substituents is 1. The first kappa shape index (κ1) is 10.9. The highest BCUT2D eigenvalue weighted by Gasteiger charge is 2.36.